The standard InChI is InChI=1S/C53H56BFN2/c1-31-39(32-14-20-37(55)21-15-32)30-46-48-47(31)42-28-36(53(11,12)13)27-41-40-26-34(51(5,6)7)18-24-44(40)57(49(41)42)54(48)43-29-35(52(8,9)10)19-25-45(43)56(46)38-22-16-33(17-23-38)50(2,3)4/h14-30H,1-13H3. The van der Waals surface area contributed by atoms with Gasteiger partial charge in [0.15, 0.2) is 0 Å². The van der Waals surface area contributed by atoms with Crippen LogP contribution in [0.4, 0.5) is 21.5 Å². The van der Waals surface area contributed by atoms with E-state index in [1.165, 1.54) is 83.1 Å². The smallest absolute Gasteiger partial charge is 0.333 e. The van der Waals surface area contributed by atoms with Gasteiger partial charge in [0.05, 0.1) is 0 Å². The van der Waals surface area contributed by atoms with Gasteiger partial charge in [0.25, 0.3) is 0 Å². The summed E-state index contributed by atoms with van der Waals surface area (Å²) in [7, 11) is 0. The van der Waals surface area contributed by atoms with E-state index >= 15 is 0 Å². The van der Waals surface area contributed by atoms with Gasteiger partial charge in [0.1, 0.15) is 5.82 Å². The predicted octanol–water partition coefficient (Wildman–Crippen LogP) is 13.5. The van der Waals surface area contributed by atoms with Gasteiger partial charge in [-0.1, -0.05) is 126 Å². The Hall–Kier alpha value is -5.09. The van der Waals surface area contributed by atoms with Crippen molar-refractivity contribution in [2.24, 2.45) is 0 Å². The van der Waals surface area contributed by atoms with E-state index in [1.807, 2.05) is 12.1 Å². The van der Waals surface area contributed by atoms with Crippen molar-refractivity contribution in [3.05, 3.63) is 137 Å². The Bertz CT molecular complexity index is 2780. The molecule has 0 atom stereocenters. The lowest BCUT2D eigenvalue weighted by Crippen LogP contribution is -2.57. The van der Waals surface area contributed by atoms with Gasteiger partial charge in [-0.25, -0.2) is 4.39 Å². The van der Waals surface area contributed by atoms with Gasteiger partial charge in [-0.15, -0.1) is 0 Å². The molecule has 3 heterocycles. The largest absolute Gasteiger partial charge is 0.375 e. The molecule has 9 rings (SSSR count). The minimum atomic E-state index is -0.223. The molecule has 2 aliphatic rings. The van der Waals surface area contributed by atoms with Crippen molar-refractivity contribution in [2.75, 3.05) is 4.90 Å². The lowest BCUT2D eigenvalue weighted by molar-refractivity contribution is 0.590. The first-order chi connectivity index (χ1) is 26.6. The molecule has 7 aromatic rings. The summed E-state index contributed by atoms with van der Waals surface area (Å²) in [6.45, 7) is 29.9. The third-order valence-electron chi connectivity index (χ3n) is 12.9. The highest BCUT2D eigenvalue weighted by Gasteiger charge is 2.45. The maximum Gasteiger partial charge on any atom is 0.333 e. The maximum atomic E-state index is 14.5. The van der Waals surface area contributed by atoms with E-state index in [4.69, 9.17) is 0 Å². The average Bonchev–Trinajstić information content (AvgIpc) is 3.46. The highest BCUT2D eigenvalue weighted by Crippen LogP contribution is 2.50. The molecule has 0 aliphatic carbocycles. The van der Waals surface area contributed by atoms with E-state index in [0.717, 1.165) is 16.8 Å². The molecule has 0 spiro atoms. The first kappa shape index (κ1) is 37.5. The molecule has 0 unspecified atom stereocenters. The average molecular weight is 751 g/mol. The Balaban J connectivity index is 1.49. The van der Waals surface area contributed by atoms with E-state index in [2.05, 4.69) is 178 Å². The van der Waals surface area contributed by atoms with Crippen LogP contribution < -0.4 is 15.8 Å². The molecular weight excluding hydrogens is 694 g/mol. The van der Waals surface area contributed by atoms with Crippen molar-refractivity contribution < 1.29 is 4.39 Å². The van der Waals surface area contributed by atoms with Crippen LogP contribution in [0, 0.1) is 12.7 Å². The second-order valence-corrected chi connectivity index (χ2v) is 20.9. The minimum absolute atomic E-state index is 0.00608. The molecule has 0 amide bonds. The predicted molar refractivity (Wildman–Crippen MR) is 245 cm³/mol. The van der Waals surface area contributed by atoms with Gasteiger partial charge in [-0.3, -0.25) is 0 Å². The second-order valence-electron chi connectivity index (χ2n) is 20.9. The van der Waals surface area contributed by atoms with E-state index < -0.39 is 0 Å². The number of fused-ring (bicyclic) bond motifs is 7. The number of aromatic nitrogens is 1. The molecule has 57 heavy (non-hydrogen) atoms. The molecule has 0 saturated carbocycles. The minimum Gasteiger partial charge on any atom is -0.375 e. The normalized spacial score (nSPS) is 14.1. The van der Waals surface area contributed by atoms with E-state index in [9.17, 15) is 4.39 Å². The lowest BCUT2D eigenvalue weighted by Gasteiger charge is -2.42. The number of hydrogen-bond donors (Lipinski definition) is 0. The van der Waals surface area contributed by atoms with Gasteiger partial charge in [0.2, 0.25) is 0 Å². The fraction of sp³-hybridized carbons (Fsp3) is 0.321. The van der Waals surface area contributed by atoms with Crippen LogP contribution in [0.2, 0.25) is 0 Å². The van der Waals surface area contributed by atoms with Crippen LogP contribution in [0.5, 0.6) is 0 Å². The number of halogens is 1. The number of anilines is 3. The van der Waals surface area contributed by atoms with E-state index in [0.29, 0.717) is 0 Å². The number of hydrogen-bond acceptors (Lipinski definition) is 1. The van der Waals surface area contributed by atoms with Gasteiger partial charge < -0.3 is 9.38 Å². The molecule has 6 aromatic carbocycles. The maximum absolute atomic E-state index is 14.5. The van der Waals surface area contributed by atoms with Crippen molar-refractivity contribution >= 4 is 56.6 Å². The van der Waals surface area contributed by atoms with E-state index in [1.54, 1.807) is 12.1 Å². The Morgan fingerprint density at radius 3 is 1.68 bits per heavy atom. The molecule has 0 bridgehead atoms. The molecule has 4 heteroatoms. The second kappa shape index (κ2) is 12.2. The summed E-state index contributed by atoms with van der Waals surface area (Å²) in [5.74, 6) is -0.223. The van der Waals surface area contributed by atoms with Gasteiger partial charge in [0, 0.05) is 44.4 Å². The van der Waals surface area contributed by atoms with Crippen molar-refractivity contribution in [1.29, 1.82) is 0 Å². The van der Waals surface area contributed by atoms with Crippen molar-refractivity contribution in [2.45, 2.75) is 112 Å². The first-order valence-electron chi connectivity index (χ1n) is 20.7. The zero-order chi connectivity index (χ0) is 40.7. The van der Waals surface area contributed by atoms with Crippen molar-refractivity contribution in [3.63, 3.8) is 0 Å². The summed E-state index contributed by atoms with van der Waals surface area (Å²) in [5, 5.41) is 2.62. The monoisotopic (exact) mass is 750 g/mol. The SMILES string of the molecule is Cc1c(-c2ccc(F)cc2)cc2c3c1-c1cc(C(C)(C)C)cc4c5cc(C(C)(C)C)ccc5n(c14)B3c1cc(C(C)(C)C)ccc1N2c1ccc(C(C)(C)C)cc1. The number of benzene rings is 6. The van der Waals surface area contributed by atoms with Crippen molar-refractivity contribution in [3.8, 4) is 22.3 Å². The zero-order valence-corrected chi connectivity index (χ0v) is 36.2. The quantitative estimate of drug-likeness (QED) is 0.160. The summed E-state index contributed by atoms with van der Waals surface area (Å²) in [5.41, 5.74) is 19.9. The number of rotatable bonds is 2. The fourth-order valence-electron chi connectivity index (χ4n) is 9.45. The van der Waals surface area contributed by atoms with Gasteiger partial charge in [-0.2, -0.15) is 0 Å². The topological polar surface area (TPSA) is 8.17 Å². The van der Waals surface area contributed by atoms with Crippen LogP contribution in [0.3, 0.4) is 0 Å². The summed E-state index contributed by atoms with van der Waals surface area (Å²) in [4.78, 5) is 2.51. The van der Waals surface area contributed by atoms with Gasteiger partial charge >= 0.3 is 6.85 Å². The third kappa shape index (κ3) is 5.80. The fourth-order valence-corrected chi connectivity index (χ4v) is 9.45. The molecule has 2 aliphatic heterocycles. The highest BCUT2D eigenvalue weighted by atomic mass is 19.1. The van der Waals surface area contributed by atoms with Crippen LogP contribution in [-0.2, 0) is 21.7 Å². The summed E-state index contributed by atoms with van der Waals surface area (Å²) in [6, 6.07) is 38.1. The van der Waals surface area contributed by atoms with Crippen LogP contribution in [-0.4, -0.2) is 11.3 Å². The third-order valence-corrected chi connectivity index (χ3v) is 12.9. The lowest BCUT2D eigenvalue weighted by atomic mass is 9.44. The highest BCUT2D eigenvalue weighted by molar-refractivity contribution is 6.90. The van der Waals surface area contributed by atoms with Gasteiger partial charge in [-0.05, 0) is 145 Å². The zero-order valence-electron chi connectivity index (χ0n) is 36.2. The molecule has 288 valence electrons. The molecule has 1 aromatic heterocycles. The summed E-state index contributed by atoms with van der Waals surface area (Å²) < 4.78 is 17.2. The van der Waals surface area contributed by atoms with Crippen LogP contribution in [0.25, 0.3) is 44.1 Å². The Morgan fingerprint density at radius 1 is 0.509 bits per heavy atom. The summed E-state index contributed by atoms with van der Waals surface area (Å²) >= 11 is 0. The summed E-state index contributed by atoms with van der Waals surface area (Å²) in [6.07, 6.45) is 0. The molecule has 2 nitrogen and oxygen atoms in total. The van der Waals surface area contributed by atoms with Crippen LogP contribution in [0.15, 0.2) is 103 Å². The van der Waals surface area contributed by atoms with E-state index in [-0.39, 0.29) is 34.3 Å². The van der Waals surface area contributed by atoms with Crippen LogP contribution in [0.1, 0.15) is 111 Å². The Labute approximate surface area is 339 Å². The number of nitrogens with zero attached hydrogens (tertiary/aromatic N) is 2. The molecular formula is C53H56BFN2. The first-order valence-corrected chi connectivity index (χ1v) is 20.7. The Morgan fingerprint density at radius 2 is 1.07 bits per heavy atom. The Kier molecular flexibility index (Phi) is 8.03. The molecule has 0 fully saturated rings. The van der Waals surface area contributed by atoms with Crippen molar-refractivity contribution in [1.82, 2.24) is 4.48 Å². The molecule has 0 N–H and O–H groups in total. The molecule has 0 radical (unpaired) electrons. The molecule has 0 saturated heterocycles. The van der Waals surface area contributed by atoms with Crippen LogP contribution >= 0.6 is 0 Å².